The second-order valence-corrected chi connectivity index (χ2v) is 4.83. The van der Waals surface area contributed by atoms with Crippen LogP contribution in [0.3, 0.4) is 0 Å². The summed E-state index contributed by atoms with van der Waals surface area (Å²) >= 11 is 5.82. The molecule has 6 nitrogen and oxygen atoms in total. The molecule has 1 aromatic carbocycles. The standard InChI is InChI=1S/C15H14ClN3O3/c1-19(15(21)22-2)12-5-3-11(4-6-12)18-14(20)13-9-10(16)7-8-17-13/h3-9H,1-2H3,(H,18,20). The van der Waals surface area contributed by atoms with E-state index in [1.54, 1.807) is 37.4 Å². The molecule has 2 aromatic rings. The van der Waals surface area contributed by atoms with E-state index < -0.39 is 6.09 Å². The minimum atomic E-state index is -0.472. The molecule has 0 aliphatic heterocycles. The van der Waals surface area contributed by atoms with Crippen molar-refractivity contribution in [3.8, 4) is 0 Å². The molecule has 1 heterocycles. The molecule has 1 N–H and O–H groups in total. The van der Waals surface area contributed by atoms with E-state index in [9.17, 15) is 9.59 Å². The molecule has 0 saturated carbocycles. The fourth-order valence-corrected chi connectivity index (χ4v) is 1.89. The molecule has 0 aliphatic carbocycles. The van der Waals surface area contributed by atoms with Gasteiger partial charge in [-0.2, -0.15) is 0 Å². The first-order chi connectivity index (χ1) is 10.5. The summed E-state index contributed by atoms with van der Waals surface area (Å²) in [5.74, 6) is -0.364. The molecule has 0 atom stereocenters. The van der Waals surface area contributed by atoms with Crippen LogP contribution in [0, 0.1) is 0 Å². The fourth-order valence-electron chi connectivity index (χ4n) is 1.73. The molecule has 0 unspecified atom stereocenters. The minimum Gasteiger partial charge on any atom is -0.452 e. The van der Waals surface area contributed by atoms with Crippen molar-refractivity contribution in [1.29, 1.82) is 0 Å². The summed E-state index contributed by atoms with van der Waals surface area (Å²) in [5, 5.41) is 3.14. The van der Waals surface area contributed by atoms with E-state index in [0.717, 1.165) is 0 Å². The highest BCUT2D eigenvalue weighted by molar-refractivity contribution is 6.30. The number of pyridine rings is 1. The Morgan fingerprint density at radius 3 is 2.50 bits per heavy atom. The maximum Gasteiger partial charge on any atom is 0.413 e. The Labute approximate surface area is 132 Å². The Balaban J connectivity index is 2.08. The average molecular weight is 320 g/mol. The number of carbonyl (C=O) groups is 2. The zero-order valence-corrected chi connectivity index (χ0v) is 12.8. The van der Waals surface area contributed by atoms with Crippen LogP contribution in [0.15, 0.2) is 42.6 Å². The smallest absolute Gasteiger partial charge is 0.413 e. The maximum absolute atomic E-state index is 12.0. The van der Waals surface area contributed by atoms with Gasteiger partial charge in [-0.15, -0.1) is 0 Å². The van der Waals surface area contributed by atoms with Crippen molar-refractivity contribution in [3.05, 3.63) is 53.3 Å². The summed E-state index contributed by atoms with van der Waals surface area (Å²) in [5.41, 5.74) is 1.45. The van der Waals surface area contributed by atoms with Crippen molar-refractivity contribution in [2.75, 3.05) is 24.4 Å². The Morgan fingerprint density at radius 1 is 1.23 bits per heavy atom. The molecule has 114 valence electrons. The largest absolute Gasteiger partial charge is 0.452 e. The van der Waals surface area contributed by atoms with E-state index in [0.29, 0.717) is 16.4 Å². The Bertz CT molecular complexity index is 689. The SMILES string of the molecule is COC(=O)N(C)c1ccc(NC(=O)c2cc(Cl)ccn2)cc1. The van der Waals surface area contributed by atoms with Gasteiger partial charge < -0.3 is 10.1 Å². The van der Waals surface area contributed by atoms with Crippen LogP contribution in [0.2, 0.25) is 5.02 Å². The van der Waals surface area contributed by atoms with E-state index in [2.05, 4.69) is 15.0 Å². The van der Waals surface area contributed by atoms with Crippen LogP contribution >= 0.6 is 11.6 Å². The molecule has 0 bridgehead atoms. The number of rotatable bonds is 3. The van der Waals surface area contributed by atoms with Crippen LogP contribution in [0.5, 0.6) is 0 Å². The van der Waals surface area contributed by atoms with Crippen LogP contribution < -0.4 is 10.2 Å². The number of benzene rings is 1. The first-order valence-corrected chi connectivity index (χ1v) is 6.73. The van der Waals surface area contributed by atoms with Gasteiger partial charge in [0.05, 0.1) is 7.11 Å². The van der Waals surface area contributed by atoms with E-state index in [4.69, 9.17) is 11.6 Å². The molecule has 2 rings (SSSR count). The molecule has 0 radical (unpaired) electrons. The highest BCUT2D eigenvalue weighted by Gasteiger charge is 2.11. The number of methoxy groups -OCH3 is 1. The van der Waals surface area contributed by atoms with Crippen molar-refractivity contribution in [3.63, 3.8) is 0 Å². The van der Waals surface area contributed by atoms with E-state index >= 15 is 0 Å². The number of amides is 2. The van der Waals surface area contributed by atoms with Gasteiger partial charge in [0.25, 0.3) is 5.91 Å². The van der Waals surface area contributed by atoms with Crippen molar-refractivity contribution in [2.45, 2.75) is 0 Å². The lowest BCUT2D eigenvalue weighted by molar-refractivity contribution is 0.102. The lowest BCUT2D eigenvalue weighted by atomic mass is 10.2. The van der Waals surface area contributed by atoms with Gasteiger partial charge in [0.1, 0.15) is 5.69 Å². The maximum atomic E-state index is 12.0. The molecular formula is C15H14ClN3O3. The van der Waals surface area contributed by atoms with Crippen LogP contribution in [0.1, 0.15) is 10.5 Å². The number of hydrogen-bond acceptors (Lipinski definition) is 4. The lowest BCUT2D eigenvalue weighted by Crippen LogP contribution is -2.25. The van der Waals surface area contributed by atoms with Crippen LogP contribution in [-0.2, 0) is 4.74 Å². The van der Waals surface area contributed by atoms with Crippen molar-refractivity contribution in [1.82, 2.24) is 4.98 Å². The van der Waals surface area contributed by atoms with E-state index in [-0.39, 0.29) is 11.6 Å². The molecule has 0 saturated heterocycles. The predicted molar refractivity (Wildman–Crippen MR) is 84.5 cm³/mol. The average Bonchev–Trinajstić information content (AvgIpc) is 2.54. The van der Waals surface area contributed by atoms with Gasteiger partial charge in [-0.25, -0.2) is 4.79 Å². The second-order valence-electron chi connectivity index (χ2n) is 4.39. The number of aromatic nitrogens is 1. The molecule has 7 heteroatoms. The van der Waals surface area contributed by atoms with Crippen molar-refractivity contribution >= 4 is 35.0 Å². The number of ether oxygens (including phenoxy) is 1. The molecule has 1 aromatic heterocycles. The minimum absolute atomic E-state index is 0.225. The molecule has 0 fully saturated rings. The second kappa shape index (κ2) is 6.91. The Hall–Kier alpha value is -2.60. The summed E-state index contributed by atoms with van der Waals surface area (Å²) in [6.45, 7) is 0. The molecular weight excluding hydrogens is 306 g/mol. The Morgan fingerprint density at radius 2 is 1.91 bits per heavy atom. The molecule has 0 spiro atoms. The first kappa shape index (κ1) is 15.8. The molecule has 0 aliphatic rings. The van der Waals surface area contributed by atoms with E-state index in [1.165, 1.54) is 24.3 Å². The molecule has 22 heavy (non-hydrogen) atoms. The van der Waals surface area contributed by atoms with Gasteiger partial charge in [-0.05, 0) is 36.4 Å². The number of anilines is 2. The van der Waals surface area contributed by atoms with E-state index in [1.807, 2.05) is 0 Å². The first-order valence-electron chi connectivity index (χ1n) is 6.36. The monoisotopic (exact) mass is 319 g/mol. The van der Waals surface area contributed by atoms with Gasteiger partial charge >= 0.3 is 6.09 Å². The van der Waals surface area contributed by atoms with Crippen LogP contribution in [0.4, 0.5) is 16.2 Å². The zero-order valence-electron chi connectivity index (χ0n) is 12.0. The predicted octanol–water partition coefficient (Wildman–Crippen LogP) is 3.19. The highest BCUT2D eigenvalue weighted by Crippen LogP contribution is 2.18. The van der Waals surface area contributed by atoms with Gasteiger partial charge in [0.15, 0.2) is 0 Å². The third kappa shape index (κ3) is 3.73. The summed E-state index contributed by atoms with van der Waals surface area (Å²) < 4.78 is 4.63. The highest BCUT2D eigenvalue weighted by atomic mass is 35.5. The van der Waals surface area contributed by atoms with Crippen LogP contribution in [-0.4, -0.2) is 31.1 Å². The number of nitrogens with one attached hydrogen (secondary N) is 1. The normalized spacial score (nSPS) is 9.95. The van der Waals surface area contributed by atoms with Gasteiger partial charge in [-0.3, -0.25) is 14.7 Å². The summed E-state index contributed by atoms with van der Waals surface area (Å²) in [4.78, 5) is 28.7. The topological polar surface area (TPSA) is 71.5 Å². The van der Waals surface area contributed by atoms with Gasteiger partial charge in [0.2, 0.25) is 0 Å². The third-order valence-electron chi connectivity index (χ3n) is 2.92. The third-order valence-corrected chi connectivity index (χ3v) is 3.15. The zero-order chi connectivity index (χ0) is 16.1. The van der Waals surface area contributed by atoms with Gasteiger partial charge in [-0.1, -0.05) is 11.6 Å². The fraction of sp³-hybridized carbons (Fsp3) is 0.133. The number of hydrogen-bond donors (Lipinski definition) is 1. The summed E-state index contributed by atoms with van der Waals surface area (Å²) in [7, 11) is 2.90. The lowest BCUT2D eigenvalue weighted by Gasteiger charge is -2.15. The summed E-state index contributed by atoms with van der Waals surface area (Å²) in [6, 6.07) is 9.82. The summed E-state index contributed by atoms with van der Waals surface area (Å²) in [6.07, 6.45) is 0.992. The Kier molecular flexibility index (Phi) is 4.95. The molecule has 2 amide bonds. The van der Waals surface area contributed by atoms with Crippen molar-refractivity contribution in [2.24, 2.45) is 0 Å². The van der Waals surface area contributed by atoms with Gasteiger partial charge in [0, 0.05) is 29.6 Å². The number of halogens is 1. The quantitative estimate of drug-likeness (QED) is 0.943. The van der Waals surface area contributed by atoms with Crippen molar-refractivity contribution < 1.29 is 14.3 Å². The number of nitrogens with zero attached hydrogens (tertiary/aromatic N) is 2. The number of carbonyl (C=O) groups excluding carboxylic acids is 2. The van der Waals surface area contributed by atoms with Crippen LogP contribution in [0.25, 0.3) is 0 Å².